The quantitative estimate of drug-likeness (QED) is 0.786. The number of carbonyl (C=O) groups excluding carboxylic acids is 2. The van der Waals surface area contributed by atoms with E-state index in [1.807, 2.05) is 38.7 Å². The average molecular weight is 424 g/mol. The first-order valence-corrected chi connectivity index (χ1v) is 10.5. The van der Waals surface area contributed by atoms with E-state index in [2.05, 4.69) is 15.7 Å². The third-order valence-electron chi connectivity index (χ3n) is 5.67. The first kappa shape index (κ1) is 20.8. The molecule has 2 N–H and O–H groups in total. The molecule has 2 amide bonds. The molecular formula is C19H26ClN5O2S. The minimum Gasteiger partial charge on any atom is -0.349 e. The van der Waals surface area contributed by atoms with Crippen LogP contribution >= 0.6 is 23.7 Å². The molecule has 0 radical (unpaired) electrons. The lowest BCUT2D eigenvalue weighted by atomic mass is 9.86. The maximum absolute atomic E-state index is 13.4. The van der Waals surface area contributed by atoms with E-state index in [-0.39, 0.29) is 30.3 Å². The van der Waals surface area contributed by atoms with Gasteiger partial charge in [-0.05, 0) is 56.3 Å². The van der Waals surface area contributed by atoms with Gasteiger partial charge in [-0.2, -0.15) is 16.4 Å². The second-order valence-electron chi connectivity index (χ2n) is 7.28. The molecule has 0 unspecified atom stereocenters. The van der Waals surface area contributed by atoms with Crippen LogP contribution < -0.4 is 10.6 Å². The van der Waals surface area contributed by atoms with E-state index in [1.54, 1.807) is 6.20 Å². The third kappa shape index (κ3) is 4.09. The van der Waals surface area contributed by atoms with Crippen LogP contribution in [0.1, 0.15) is 36.0 Å². The number of nitrogens with zero attached hydrogens (tertiary/aromatic N) is 3. The molecule has 0 saturated carbocycles. The van der Waals surface area contributed by atoms with Gasteiger partial charge in [-0.1, -0.05) is 0 Å². The van der Waals surface area contributed by atoms with Crippen molar-refractivity contribution in [1.82, 2.24) is 25.3 Å². The molecule has 2 fully saturated rings. The number of amides is 2. The summed E-state index contributed by atoms with van der Waals surface area (Å²) in [5.74, 6) is 0.141. The molecule has 7 nitrogen and oxygen atoms in total. The summed E-state index contributed by atoms with van der Waals surface area (Å²) in [5.41, 5.74) is 0.132. The highest BCUT2D eigenvalue weighted by atomic mass is 35.5. The van der Waals surface area contributed by atoms with E-state index in [1.165, 1.54) is 11.3 Å². The molecule has 4 rings (SSSR count). The van der Waals surface area contributed by atoms with Gasteiger partial charge in [0.25, 0.3) is 11.8 Å². The Labute approximate surface area is 174 Å². The van der Waals surface area contributed by atoms with Crippen LogP contribution in [0.5, 0.6) is 0 Å². The molecule has 9 heteroatoms. The second kappa shape index (κ2) is 9.07. The number of rotatable bonds is 4. The monoisotopic (exact) mass is 423 g/mol. The first-order chi connectivity index (χ1) is 13.2. The number of carbonyl (C=O) groups is 2. The van der Waals surface area contributed by atoms with Gasteiger partial charge in [-0.3, -0.25) is 14.3 Å². The van der Waals surface area contributed by atoms with E-state index in [9.17, 15) is 9.59 Å². The summed E-state index contributed by atoms with van der Waals surface area (Å²) in [5, 5.41) is 14.6. The van der Waals surface area contributed by atoms with Gasteiger partial charge < -0.3 is 15.5 Å². The van der Waals surface area contributed by atoms with Crippen molar-refractivity contribution in [2.45, 2.75) is 37.3 Å². The summed E-state index contributed by atoms with van der Waals surface area (Å²) >= 11 is 1.52. The number of hydrogen-bond donors (Lipinski definition) is 2. The van der Waals surface area contributed by atoms with Gasteiger partial charge in [0, 0.05) is 42.5 Å². The largest absolute Gasteiger partial charge is 0.349 e. The number of nitrogens with one attached hydrogen (secondary N) is 2. The zero-order valence-corrected chi connectivity index (χ0v) is 17.3. The molecule has 0 aromatic carbocycles. The zero-order chi connectivity index (χ0) is 18.7. The summed E-state index contributed by atoms with van der Waals surface area (Å²) in [7, 11) is 0. The van der Waals surface area contributed by atoms with Gasteiger partial charge in [0.1, 0.15) is 5.54 Å². The average Bonchev–Trinajstić information content (AvgIpc) is 3.43. The maximum atomic E-state index is 13.4. The van der Waals surface area contributed by atoms with Crippen molar-refractivity contribution in [2.75, 3.05) is 26.2 Å². The van der Waals surface area contributed by atoms with Crippen molar-refractivity contribution < 1.29 is 9.59 Å². The van der Waals surface area contributed by atoms with Crippen molar-refractivity contribution in [3.8, 4) is 0 Å². The van der Waals surface area contributed by atoms with Gasteiger partial charge in [-0.25, -0.2) is 0 Å². The fraction of sp³-hybridized carbons (Fsp3) is 0.526. The van der Waals surface area contributed by atoms with Crippen molar-refractivity contribution in [3.63, 3.8) is 0 Å². The SMILES string of the molecule is Cl.O=C(NC1CCN(C(=O)C2(n3cccn3)CCNCC2)CC1)c1ccsc1. The lowest BCUT2D eigenvalue weighted by molar-refractivity contribution is -0.144. The minimum atomic E-state index is -0.582. The molecule has 2 aromatic rings. The Morgan fingerprint density at radius 1 is 1.25 bits per heavy atom. The molecule has 2 saturated heterocycles. The predicted octanol–water partition coefficient (Wildman–Crippen LogP) is 1.87. The summed E-state index contributed by atoms with van der Waals surface area (Å²) in [6, 6.07) is 3.84. The Hall–Kier alpha value is -1.90. The Bertz CT molecular complexity index is 766. The van der Waals surface area contributed by atoms with Crippen LogP contribution in [-0.2, 0) is 10.3 Å². The molecule has 152 valence electrons. The van der Waals surface area contributed by atoms with Gasteiger partial charge >= 0.3 is 0 Å². The fourth-order valence-corrected chi connectivity index (χ4v) is 4.72. The normalized spacial score (nSPS) is 19.6. The molecule has 4 heterocycles. The predicted molar refractivity (Wildman–Crippen MR) is 111 cm³/mol. The number of piperidine rings is 2. The Balaban J connectivity index is 0.00000225. The highest BCUT2D eigenvalue weighted by Gasteiger charge is 2.45. The number of halogens is 1. The van der Waals surface area contributed by atoms with Crippen LogP contribution in [0, 0.1) is 0 Å². The number of aromatic nitrogens is 2. The van der Waals surface area contributed by atoms with Crippen LogP contribution in [0.3, 0.4) is 0 Å². The van der Waals surface area contributed by atoms with Crippen LogP contribution in [-0.4, -0.2) is 58.7 Å². The fourth-order valence-electron chi connectivity index (χ4n) is 4.09. The van der Waals surface area contributed by atoms with Gasteiger partial charge in [0.2, 0.25) is 0 Å². The molecular weight excluding hydrogens is 398 g/mol. The zero-order valence-electron chi connectivity index (χ0n) is 15.7. The highest BCUT2D eigenvalue weighted by molar-refractivity contribution is 7.08. The minimum absolute atomic E-state index is 0. The molecule has 2 aliphatic rings. The lowest BCUT2D eigenvalue weighted by Gasteiger charge is -2.42. The van der Waals surface area contributed by atoms with E-state index in [4.69, 9.17) is 0 Å². The van der Waals surface area contributed by atoms with E-state index in [0.29, 0.717) is 18.7 Å². The first-order valence-electron chi connectivity index (χ1n) is 9.52. The van der Waals surface area contributed by atoms with Crippen LogP contribution in [0.25, 0.3) is 0 Å². The lowest BCUT2D eigenvalue weighted by Crippen LogP contribution is -2.58. The molecule has 0 spiro atoms. The molecule has 28 heavy (non-hydrogen) atoms. The molecule has 2 aliphatic heterocycles. The summed E-state index contributed by atoms with van der Waals surface area (Å²) in [6.07, 6.45) is 6.72. The number of thiophene rings is 1. The van der Waals surface area contributed by atoms with E-state index >= 15 is 0 Å². The number of likely N-dealkylation sites (tertiary alicyclic amines) is 1. The van der Waals surface area contributed by atoms with E-state index < -0.39 is 5.54 Å². The molecule has 0 atom stereocenters. The third-order valence-corrected chi connectivity index (χ3v) is 6.36. The number of hydrogen-bond acceptors (Lipinski definition) is 5. The topological polar surface area (TPSA) is 79.3 Å². The molecule has 0 bridgehead atoms. The Morgan fingerprint density at radius 2 is 2.00 bits per heavy atom. The highest BCUT2D eigenvalue weighted by Crippen LogP contribution is 2.30. The van der Waals surface area contributed by atoms with Gasteiger partial charge in [-0.15, -0.1) is 12.4 Å². The molecule has 0 aliphatic carbocycles. The van der Waals surface area contributed by atoms with E-state index in [0.717, 1.165) is 38.8 Å². The van der Waals surface area contributed by atoms with Crippen LogP contribution in [0.15, 0.2) is 35.3 Å². The summed E-state index contributed by atoms with van der Waals surface area (Å²) in [6.45, 7) is 2.98. The second-order valence-corrected chi connectivity index (χ2v) is 8.06. The smallest absolute Gasteiger partial charge is 0.252 e. The van der Waals surface area contributed by atoms with Crippen molar-refractivity contribution in [2.24, 2.45) is 0 Å². The maximum Gasteiger partial charge on any atom is 0.252 e. The summed E-state index contributed by atoms with van der Waals surface area (Å²) < 4.78 is 1.85. The van der Waals surface area contributed by atoms with Crippen LogP contribution in [0.4, 0.5) is 0 Å². The Kier molecular flexibility index (Phi) is 6.74. The van der Waals surface area contributed by atoms with Gasteiger partial charge in [0.15, 0.2) is 0 Å². The van der Waals surface area contributed by atoms with Crippen molar-refractivity contribution in [1.29, 1.82) is 0 Å². The summed E-state index contributed by atoms with van der Waals surface area (Å²) in [4.78, 5) is 27.6. The van der Waals surface area contributed by atoms with Crippen molar-refractivity contribution in [3.05, 3.63) is 40.8 Å². The molecule has 2 aromatic heterocycles. The van der Waals surface area contributed by atoms with Crippen molar-refractivity contribution >= 4 is 35.6 Å². The Morgan fingerprint density at radius 3 is 2.61 bits per heavy atom. The standard InChI is InChI=1S/C19H25N5O2S.ClH/c25-17(15-4-13-27-14-15)22-16-2-11-23(12-3-16)18(26)19(5-8-20-9-6-19)24-10-1-7-21-24;/h1,4,7,10,13-14,16,20H,2-3,5-6,8-9,11-12H2,(H,22,25);1H. The van der Waals surface area contributed by atoms with Gasteiger partial charge in [0.05, 0.1) is 0 Å². The van der Waals surface area contributed by atoms with Crippen LogP contribution in [0.2, 0.25) is 0 Å².